The zero-order valence-corrected chi connectivity index (χ0v) is 13.3. The van der Waals surface area contributed by atoms with Crippen LogP contribution in [-0.4, -0.2) is 12.6 Å². The van der Waals surface area contributed by atoms with Crippen molar-refractivity contribution < 1.29 is 0 Å². The van der Waals surface area contributed by atoms with Crippen LogP contribution in [0.25, 0.3) is 0 Å². The third-order valence-electron chi connectivity index (χ3n) is 3.81. The molecule has 0 saturated carbocycles. The van der Waals surface area contributed by atoms with Crippen molar-refractivity contribution >= 4 is 0 Å². The molecule has 0 saturated heterocycles. The van der Waals surface area contributed by atoms with E-state index in [9.17, 15) is 0 Å². The third kappa shape index (κ3) is 6.24. The standard InChI is InChI=1S/C18H31N/c1-5-7-8-9-18(19-12-6-2)14-17-13-15(3)10-11-16(17)4/h10-11,13,18-19H,5-9,12,14H2,1-4H3. The lowest BCUT2D eigenvalue weighted by Crippen LogP contribution is -2.32. The molecule has 1 N–H and O–H groups in total. The number of aryl methyl sites for hydroxylation is 2. The summed E-state index contributed by atoms with van der Waals surface area (Å²) in [6, 6.07) is 7.47. The van der Waals surface area contributed by atoms with Crippen LogP contribution in [0.5, 0.6) is 0 Å². The minimum Gasteiger partial charge on any atom is -0.314 e. The second-order valence-electron chi connectivity index (χ2n) is 5.78. The maximum absolute atomic E-state index is 3.72. The molecular formula is C18H31N. The summed E-state index contributed by atoms with van der Waals surface area (Å²) in [5, 5.41) is 3.72. The minimum atomic E-state index is 0.645. The number of hydrogen-bond donors (Lipinski definition) is 1. The molecule has 1 aromatic rings. The van der Waals surface area contributed by atoms with E-state index in [1.54, 1.807) is 0 Å². The minimum absolute atomic E-state index is 0.645. The first-order valence-corrected chi connectivity index (χ1v) is 7.96. The van der Waals surface area contributed by atoms with Gasteiger partial charge in [-0.25, -0.2) is 0 Å². The molecule has 19 heavy (non-hydrogen) atoms. The SMILES string of the molecule is CCCCCC(Cc1cc(C)ccc1C)NCCC. The molecule has 1 aromatic carbocycles. The normalized spacial score (nSPS) is 12.6. The van der Waals surface area contributed by atoms with Crippen LogP contribution in [0.2, 0.25) is 0 Å². The summed E-state index contributed by atoms with van der Waals surface area (Å²) in [4.78, 5) is 0. The molecule has 1 nitrogen and oxygen atoms in total. The number of rotatable bonds is 9. The molecule has 0 aromatic heterocycles. The Morgan fingerprint density at radius 1 is 1.05 bits per heavy atom. The van der Waals surface area contributed by atoms with Gasteiger partial charge in [0.2, 0.25) is 0 Å². The van der Waals surface area contributed by atoms with Gasteiger partial charge in [0.05, 0.1) is 0 Å². The molecule has 1 atom stereocenters. The Balaban J connectivity index is 2.61. The van der Waals surface area contributed by atoms with E-state index in [-0.39, 0.29) is 0 Å². The van der Waals surface area contributed by atoms with Gasteiger partial charge in [-0.15, -0.1) is 0 Å². The lowest BCUT2D eigenvalue weighted by atomic mass is 9.96. The number of hydrogen-bond acceptors (Lipinski definition) is 1. The Kier molecular flexibility index (Phi) is 7.81. The summed E-state index contributed by atoms with van der Waals surface area (Å²) >= 11 is 0. The van der Waals surface area contributed by atoms with Crippen molar-refractivity contribution in [2.24, 2.45) is 0 Å². The van der Waals surface area contributed by atoms with Gasteiger partial charge in [0.15, 0.2) is 0 Å². The van der Waals surface area contributed by atoms with Crippen molar-refractivity contribution in [3.8, 4) is 0 Å². The lowest BCUT2D eigenvalue weighted by Gasteiger charge is -2.20. The van der Waals surface area contributed by atoms with Crippen LogP contribution in [0.4, 0.5) is 0 Å². The number of benzene rings is 1. The molecule has 0 amide bonds. The average molecular weight is 261 g/mol. The van der Waals surface area contributed by atoms with Gasteiger partial charge >= 0.3 is 0 Å². The van der Waals surface area contributed by atoms with Gasteiger partial charge in [0.1, 0.15) is 0 Å². The van der Waals surface area contributed by atoms with Crippen LogP contribution in [0.15, 0.2) is 18.2 Å². The van der Waals surface area contributed by atoms with Crippen molar-refractivity contribution in [2.45, 2.75) is 72.3 Å². The Hall–Kier alpha value is -0.820. The topological polar surface area (TPSA) is 12.0 Å². The predicted molar refractivity (Wildman–Crippen MR) is 85.8 cm³/mol. The van der Waals surface area contributed by atoms with Crippen LogP contribution < -0.4 is 5.32 Å². The Bertz CT molecular complexity index is 357. The zero-order chi connectivity index (χ0) is 14.1. The van der Waals surface area contributed by atoms with Gasteiger partial charge in [-0.1, -0.05) is 56.9 Å². The second-order valence-corrected chi connectivity index (χ2v) is 5.78. The monoisotopic (exact) mass is 261 g/mol. The smallest absolute Gasteiger partial charge is 0.0108 e. The van der Waals surface area contributed by atoms with E-state index in [0.717, 1.165) is 6.54 Å². The Morgan fingerprint density at radius 3 is 2.53 bits per heavy atom. The lowest BCUT2D eigenvalue weighted by molar-refractivity contribution is 0.455. The summed E-state index contributed by atoms with van der Waals surface area (Å²) < 4.78 is 0. The van der Waals surface area contributed by atoms with Gasteiger partial charge in [0, 0.05) is 6.04 Å². The Morgan fingerprint density at radius 2 is 1.84 bits per heavy atom. The molecule has 0 heterocycles. The van der Waals surface area contributed by atoms with E-state index in [1.807, 2.05) is 0 Å². The van der Waals surface area contributed by atoms with Crippen LogP contribution >= 0.6 is 0 Å². The van der Waals surface area contributed by atoms with Crippen LogP contribution in [0.1, 0.15) is 62.6 Å². The van der Waals surface area contributed by atoms with E-state index < -0.39 is 0 Å². The van der Waals surface area contributed by atoms with Crippen LogP contribution in [0, 0.1) is 13.8 Å². The van der Waals surface area contributed by atoms with Crippen LogP contribution in [-0.2, 0) is 6.42 Å². The zero-order valence-electron chi connectivity index (χ0n) is 13.3. The van der Waals surface area contributed by atoms with Crippen molar-refractivity contribution in [3.63, 3.8) is 0 Å². The second kappa shape index (κ2) is 9.14. The molecule has 0 radical (unpaired) electrons. The number of unbranched alkanes of at least 4 members (excludes halogenated alkanes) is 2. The molecule has 0 fully saturated rings. The fraction of sp³-hybridized carbons (Fsp3) is 0.667. The van der Waals surface area contributed by atoms with Gasteiger partial charge in [-0.05, 0) is 50.8 Å². The van der Waals surface area contributed by atoms with E-state index in [1.165, 1.54) is 55.2 Å². The third-order valence-corrected chi connectivity index (χ3v) is 3.81. The summed E-state index contributed by atoms with van der Waals surface area (Å²) in [6.45, 7) is 10.1. The Labute approximate surface area is 119 Å². The highest BCUT2D eigenvalue weighted by atomic mass is 14.9. The van der Waals surface area contributed by atoms with Crippen molar-refractivity contribution in [1.82, 2.24) is 5.32 Å². The largest absolute Gasteiger partial charge is 0.314 e. The first-order valence-electron chi connectivity index (χ1n) is 7.96. The molecule has 0 aliphatic carbocycles. The van der Waals surface area contributed by atoms with E-state index in [2.05, 4.69) is 51.2 Å². The molecule has 1 rings (SSSR count). The van der Waals surface area contributed by atoms with Crippen molar-refractivity contribution in [1.29, 1.82) is 0 Å². The summed E-state index contributed by atoms with van der Waals surface area (Å²) in [5.74, 6) is 0. The fourth-order valence-corrected chi connectivity index (χ4v) is 2.55. The van der Waals surface area contributed by atoms with Gasteiger partial charge in [-0.3, -0.25) is 0 Å². The molecular weight excluding hydrogens is 230 g/mol. The van der Waals surface area contributed by atoms with Gasteiger partial charge in [0.25, 0.3) is 0 Å². The highest BCUT2D eigenvalue weighted by Gasteiger charge is 2.10. The van der Waals surface area contributed by atoms with E-state index >= 15 is 0 Å². The first kappa shape index (κ1) is 16.2. The molecule has 0 aliphatic rings. The van der Waals surface area contributed by atoms with Gasteiger partial charge in [-0.2, -0.15) is 0 Å². The molecule has 0 spiro atoms. The average Bonchev–Trinajstić information content (AvgIpc) is 2.40. The molecule has 1 unspecified atom stereocenters. The quantitative estimate of drug-likeness (QED) is 0.630. The molecule has 108 valence electrons. The highest BCUT2D eigenvalue weighted by Crippen LogP contribution is 2.15. The number of nitrogens with one attached hydrogen (secondary N) is 1. The highest BCUT2D eigenvalue weighted by molar-refractivity contribution is 5.31. The first-order chi connectivity index (χ1) is 9.17. The van der Waals surface area contributed by atoms with Crippen LogP contribution in [0.3, 0.4) is 0 Å². The maximum Gasteiger partial charge on any atom is 0.0108 e. The fourth-order valence-electron chi connectivity index (χ4n) is 2.55. The molecule has 0 bridgehead atoms. The summed E-state index contributed by atoms with van der Waals surface area (Å²) in [6.07, 6.45) is 7.72. The van der Waals surface area contributed by atoms with Crippen molar-refractivity contribution in [2.75, 3.05) is 6.54 Å². The van der Waals surface area contributed by atoms with E-state index in [0.29, 0.717) is 6.04 Å². The summed E-state index contributed by atoms with van der Waals surface area (Å²) in [5.41, 5.74) is 4.33. The van der Waals surface area contributed by atoms with Crippen molar-refractivity contribution in [3.05, 3.63) is 34.9 Å². The molecule has 0 aliphatic heterocycles. The molecule has 1 heteroatoms. The maximum atomic E-state index is 3.72. The van der Waals surface area contributed by atoms with Gasteiger partial charge < -0.3 is 5.32 Å². The summed E-state index contributed by atoms with van der Waals surface area (Å²) in [7, 11) is 0. The van der Waals surface area contributed by atoms with E-state index in [4.69, 9.17) is 0 Å². The predicted octanol–water partition coefficient (Wildman–Crippen LogP) is 4.79.